The summed E-state index contributed by atoms with van der Waals surface area (Å²) in [5, 5.41) is 23.2. The number of aliphatic hydroxyl groups excluding tert-OH is 2. The molecule has 0 aromatic heterocycles. The molecule has 0 fully saturated rings. The number of esters is 1. The Bertz CT molecular complexity index is 1130. The summed E-state index contributed by atoms with van der Waals surface area (Å²) in [7, 11) is 0. The van der Waals surface area contributed by atoms with E-state index in [4.69, 9.17) is 4.74 Å². The molecule has 1 amide bonds. The van der Waals surface area contributed by atoms with Gasteiger partial charge in [0.15, 0.2) is 0 Å². The van der Waals surface area contributed by atoms with Gasteiger partial charge < -0.3 is 20.3 Å². The summed E-state index contributed by atoms with van der Waals surface area (Å²) < 4.78 is 5.49. The molecular formula is C64H121NO5. The Morgan fingerprint density at radius 2 is 0.714 bits per heavy atom. The van der Waals surface area contributed by atoms with Gasteiger partial charge >= 0.3 is 5.97 Å². The predicted octanol–water partition coefficient (Wildman–Crippen LogP) is 19.6. The van der Waals surface area contributed by atoms with Crippen molar-refractivity contribution in [1.82, 2.24) is 5.32 Å². The minimum atomic E-state index is -0.853. The number of unbranched alkanes of at least 4 members (excludes halogenated alkanes) is 43. The first-order valence-corrected chi connectivity index (χ1v) is 31.3. The summed E-state index contributed by atoms with van der Waals surface area (Å²) >= 11 is 0. The van der Waals surface area contributed by atoms with Gasteiger partial charge in [-0.2, -0.15) is 0 Å². The fourth-order valence-corrected chi connectivity index (χ4v) is 9.61. The Labute approximate surface area is 436 Å². The van der Waals surface area contributed by atoms with Crippen molar-refractivity contribution >= 4 is 11.9 Å². The van der Waals surface area contributed by atoms with Gasteiger partial charge in [-0.1, -0.05) is 294 Å². The Hall–Kier alpha value is -1.92. The molecule has 2 unspecified atom stereocenters. The van der Waals surface area contributed by atoms with Gasteiger partial charge in [-0.15, -0.1) is 0 Å². The lowest BCUT2D eigenvalue weighted by Crippen LogP contribution is -2.45. The van der Waals surface area contributed by atoms with Crippen LogP contribution in [0.2, 0.25) is 0 Å². The average molecular weight is 985 g/mol. The van der Waals surface area contributed by atoms with Crippen molar-refractivity contribution in [1.29, 1.82) is 0 Å². The van der Waals surface area contributed by atoms with E-state index in [0.717, 1.165) is 64.2 Å². The van der Waals surface area contributed by atoms with E-state index in [2.05, 4.69) is 43.5 Å². The highest BCUT2D eigenvalue weighted by molar-refractivity contribution is 5.76. The van der Waals surface area contributed by atoms with Crippen molar-refractivity contribution in [3.8, 4) is 0 Å². The number of hydrogen-bond acceptors (Lipinski definition) is 5. The first-order valence-electron chi connectivity index (χ1n) is 31.3. The number of nitrogens with one attached hydrogen (secondary N) is 1. The maximum Gasteiger partial charge on any atom is 0.305 e. The number of rotatable bonds is 58. The minimum absolute atomic E-state index is 0.00675. The normalized spacial score (nSPS) is 12.8. The zero-order valence-corrected chi connectivity index (χ0v) is 47.0. The van der Waals surface area contributed by atoms with Crippen LogP contribution in [-0.4, -0.2) is 47.4 Å². The molecule has 0 saturated heterocycles. The Morgan fingerprint density at radius 3 is 1.11 bits per heavy atom. The number of carbonyl (C=O) groups excluding carboxylic acids is 2. The van der Waals surface area contributed by atoms with Crippen molar-refractivity contribution in [2.24, 2.45) is 0 Å². The van der Waals surface area contributed by atoms with Gasteiger partial charge in [0.2, 0.25) is 5.91 Å². The van der Waals surface area contributed by atoms with Crippen molar-refractivity contribution in [3.05, 3.63) is 36.5 Å². The lowest BCUT2D eigenvalue weighted by Gasteiger charge is -2.20. The molecule has 2 atom stereocenters. The van der Waals surface area contributed by atoms with E-state index in [1.807, 2.05) is 6.08 Å². The molecule has 412 valence electrons. The maximum atomic E-state index is 12.5. The molecule has 0 heterocycles. The molecule has 0 rings (SSSR count). The molecule has 0 aromatic rings. The first kappa shape index (κ1) is 68.1. The Balaban J connectivity index is 3.46. The first-order chi connectivity index (χ1) is 34.5. The lowest BCUT2D eigenvalue weighted by atomic mass is 10.0. The highest BCUT2D eigenvalue weighted by Crippen LogP contribution is 2.17. The highest BCUT2D eigenvalue weighted by atomic mass is 16.5. The second-order valence-electron chi connectivity index (χ2n) is 21.4. The predicted molar refractivity (Wildman–Crippen MR) is 306 cm³/mol. The molecule has 6 heteroatoms. The van der Waals surface area contributed by atoms with Gasteiger partial charge in [0, 0.05) is 12.8 Å². The quantitative estimate of drug-likeness (QED) is 0.0321. The topological polar surface area (TPSA) is 95.9 Å². The highest BCUT2D eigenvalue weighted by Gasteiger charge is 2.18. The second kappa shape index (κ2) is 59.6. The number of hydrogen-bond donors (Lipinski definition) is 3. The van der Waals surface area contributed by atoms with Crippen molar-refractivity contribution in [2.75, 3.05) is 13.2 Å². The monoisotopic (exact) mass is 984 g/mol. The van der Waals surface area contributed by atoms with Crippen LogP contribution in [0, 0.1) is 0 Å². The molecule has 0 radical (unpaired) electrons. The van der Waals surface area contributed by atoms with E-state index in [1.165, 1.54) is 244 Å². The van der Waals surface area contributed by atoms with E-state index < -0.39 is 12.1 Å². The largest absolute Gasteiger partial charge is 0.466 e. The molecule has 0 aliphatic heterocycles. The molecule has 0 aliphatic carbocycles. The van der Waals surface area contributed by atoms with Crippen LogP contribution in [0.15, 0.2) is 36.5 Å². The fourth-order valence-electron chi connectivity index (χ4n) is 9.61. The Morgan fingerprint density at radius 1 is 0.400 bits per heavy atom. The van der Waals surface area contributed by atoms with E-state index in [1.54, 1.807) is 6.08 Å². The van der Waals surface area contributed by atoms with Crippen molar-refractivity contribution in [3.63, 3.8) is 0 Å². The number of carbonyl (C=O) groups is 2. The summed E-state index contributed by atoms with van der Waals surface area (Å²) in [5.41, 5.74) is 0. The summed E-state index contributed by atoms with van der Waals surface area (Å²) in [4.78, 5) is 24.6. The third-order valence-corrected chi connectivity index (χ3v) is 14.4. The van der Waals surface area contributed by atoms with Crippen LogP contribution in [0.25, 0.3) is 0 Å². The summed E-state index contributed by atoms with van der Waals surface area (Å²) in [6.07, 6.45) is 74.6. The molecule has 3 N–H and O–H groups in total. The minimum Gasteiger partial charge on any atom is -0.466 e. The summed E-state index contributed by atoms with van der Waals surface area (Å²) in [6.45, 7) is 4.88. The van der Waals surface area contributed by atoms with E-state index in [0.29, 0.717) is 19.4 Å². The molecule has 6 nitrogen and oxygen atoms in total. The van der Waals surface area contributed by atoms with Gasteiger partial charge in [0.05, 0.1) is 25.4 Å². The zero-order chi connectivity index (χ0) is 50.7. The van der Waals surface area contributed by atoms with Gasteiger partial charge in [0.1, 0.15) is 0 Å². The summed E-state index contributed by atoms with van der Waals surface area (Å²) in [6, 6.07) is -0.637. The zero-order valence-electron chi connectivity index (χ0n) is 47.0. The number of amides is 1. The number of aliphatic hydroxyl groups is 2. The molecular weight excluding hydrogens is 863 g/mol. The third kappa shape index (κ3) is 55.4. The van der Waals surface area contributed by atoms with E-state index in [9.17, 15) is 19.8 Å². The number of allylic oxidation sites excluding steroid dienone is 5. The molecule has 0 aromatic carbocycles. The van der Waals surface area contributed by atoms with Gasteiger partial charge in [0.25, 0.3) is 0 Å². The lowest BCUT2D eigenvalue weighted by molar-refractivity contribution is -0.143. The molecule has 70 heavy (non-hydrogen) atoms. The Kier molecular flexibility index (Phi) is 58.0. The smallest absolute Gasteiger partial charge is 0.305 e. The van der Waals surface area contributed by atoms with E-state index in [-0.39, 0.29) is 18.5 Å². The van der Waals surface area contributed by atoms with Crippen LogP contribution in [0.4, 0.5) is 0 Å². The van der Waals surface area contributed by atoms with Gasteiger partial charge in [-0.05, 0) is 64.2 Å². The van der Waals surface area contributed by atoms with Crippen LogP contribution >= 0.6 is 0 Å². The maximum absolute atomic E-state index is 12.5. The average Bonchev–Trinajstić information content (AvgIpc) is 3.36. The molecule has 0 spiro atoms. The third-order valence-electron chi connectivity index (χ3n) is 14.4. The van der Waals surface area contributed by atoms with E-state index >= 15 is 0 Å². The number of ether oxygens (including phenoxy) is 1. The van der Waals surface area contributed by atoms with Crippen molar-refractivity contribution < 1.29 is 24.5 Å². The molecule has 0 aliphatic rings. The van der Waals surface area contributed by atoms with Crippen LogP contribution in [0.1, 0.15) is 335 Å². The van der Waals surface area contributed by atoms with Crippen LogP contribution < -0.4 is 5.32 Å². The van der Waals surface area contributed by atoms with Crippen LogP contribution in [-0.2, 0) is 14.3 Å². The standard InChI is InChI=1S/C64H121NO5/c1-3-5-7-9-11-13-15-17-19-21-23-25-26-28-32-36-40-44-48-52-56-62(67)61(60-66)65-63(68)57-53-49-45-41-37-33-30-31-35-39-43-47-51-55-59-70-64(69)58-54-50-46-42-38-34-29-27-24-22-20-18-16-14-12-10-8-6-4-2/h12,14,18,20,52,56,61-62,66-67H,3-11,13,15-17,19,21-51,53-55,57-60H2,1-2H3,(H,65,68)/b14-12-,20-18-,56-52+. The summed E-state index contributed by atoms with van der Waals surface area (Å²) in [5.74, 6) is -0.0829. The molecule has 0 saturated carbocycles. The van der Waals surface area contributed by atoms with Crippen molar-refractivity contribution in [2.45, 2.75) is 347 Å². The fraction of sp³-hybridized carbons (Fsp3) is 0.875. The second-order valence-corrected chi connectivity index (χ2v) is 21.4. The molecule has 0 bridgehead atoms. The van der Waals surface area contributed by atoms with Crippen LogP contribution in [0.3, 0.4) is 0 Å². The SMILES string of the molecule is CCCCC/C=C\C/C=C\CCCCCCCCCCCC(=O)OCCCCCCCCCCCCCCCCC(=O)NC(CO)C(O)/C=C/CCCCCCCCCCCCCCCCCCCC. The van der Waals surface area contributed by atoms with Crippen LogP contribution in [0.5, 0.6) is 0 Å². The van der Waals surface area contributed by atoms with Gasteiger partial charge in [-0.3, -0.25) is 9.59 Å². The van der Waals surface area contributed by atoms with Gasteiger partial charge in [-0.25, -0.2) is 0 Å².